The zero-order chi connectivity index (χ0) is 26.1. The van der Waals surface area contributed by atoms with Gasteiger partial charge >= 0.3 is 11.6 Å². The van der Waals surface area contributed by atoms with Crippen LogP contribution in [-0.2, 0) is 11.3 Å². The summed E-state index contributed by atoms with van der Waals surface area (Å²) in [5, 5.41) is 13.0. The maximum atomic E-state index is 13.6. The molecule has 37 heavy (non-hydrogen) atoms. The minimum absolute atomic E-state index is 0.0731. The van der Waals surface area contributed by atoms with Gasteiger partial charge in [-0.25, -0.2) is 0 Å². The monoisotopic (exact) mass is 542 g/mol. The van der Waals surface area contributed by atoms with Crippen LogP contribution in [0.15, 0.2) is 59.9 Å². The smallest absolute Gasteiger partial charge is 0.352 e. The topological polar surface area (TPSA) is 87.0 Å². The number of amides is 2. The Hall–Kier alpha value is -3.10. The van der Waals surface area contributed by atoms with Gasteiger partial charge in [0, 0.05) is 50.2 Å². The van der Waals surface area contributed by atoms with Gasteiger partial charge in [0.2, 0.25) is 0 Å². The third kappa shape index (κ3) is 5.05. The summed E-state index contributed by atoms with van der Waals surface area (Å²) in [6.45, 7) is 2.00. The van der Waals surface area contributed by atoms with Crippen molar-refractivity contribution in [2.45, 2.75) is 38.3 Å². The molecule has 2 aliphatic heterocycles. The lowest BCUT2D eigenvalue weighted by molar-refractivity contribution is -0.424. The molecule has 2 amide bonds. The van der Waals surface area contributed by atoms with E-state index in [9.17, 15) is 19.7 Å². The second kappa shape index (κ2) is 10.7. The Bertz CT molecular complexity index is 1240. The molecule has 0 aromatic heterocycles. The summed E-state index contributed by atoms with van der Waals surface area (Å²) >= 11 is 12.1. The molecule has 1 saturated heterocycles. The maximum Gasteiger partial charge on any atom is 0.352 e. The van der Waals surface area contributed by atoms with Gasteiger partial charge in [0.1, 0.15) is 5.70 Å². The minimum Gasteiger partial charge on any atom is -0.365 e. The van der Waals surface area contributed by atoms with E-state index in [4.69, 9.17) is 23.2 Å². The first kappa shape index (κ1) is 25.5. The first-order valence-corrected chi connectivity index (χ1v) is 13.3. The lowest BCUT2D eigenvalue weighted by atomic mass is 9.77. The van der Waals surface area contributed by atoms with Gasteiger partial charge in [0.25, 0.3) is 5.91 Å². The van der Waals surface area contributed by atoms with Gasteiger partial charge in [-0.3, -0.25) is 19.7 Å². The highest BCUT2D eigenvalue weighted by molar-refractivity contribution is 6.42. The second-order valence-electron chi connectivity index (χ2n) is 9.78. The molecule has 2 aromatic carbocycles. The van der Waals surface area contributed by atoms with E-state index >= 15 is 0 Å². The highest BCUT2D eigenvalue weighted by Crippen LogP contribution is 2.42. The number of halogens is 2. The first-order valence-electron chi connectivity index (χ1n) is 12.6. The molecule has 0 N–H and O–H groups in total. The van der Waals surface area contributed by atoms with E-state index < -0.39 is 10.8 Å². The normalized spacial score (nSPS) is 22.2. The van der Waals surface area contributed by atoms with Crippen LogP contribution in [0, 0.1) is 16.0 Å². The fourth-order valence-electron chi connectivity index (χ4n) is 5.86. The molecule has 1 saturated carbocycles. The van der Waals surface area contributed by atoms with E-state index in [1.54, 1.807) is 28.0 Å². The van der Waals surface area contributed by atoms with Crippen molar-refractivity contribution in [3.05, 3.63) is 91.2 Å². The second-order valence-corrected chi connectivity index (χ2v) is 10.6. The Balaban J connectivity index is 1.40. The average molecular weight is 543 g/mol. The van der Waals surface area contributed by atoms with Crippen molar-refractivity contribution in [2.75, 3.05) is 26.2 Å². The largest absolute Gasteiger partial charge is 0.365 e. The van der Waals surface area contributed by atoms with Crippen LogP contribution in [0.5, 0.6) is 0 Å². The lowest BCUT2D eigenvalue weighted by Gasteiger charge is -2.47. The van der Waals surface area contributed by atoms with E-state index in [0.717, 1.165) is 31.2 Å². The number of carbonyl (C=O) groups is 2. The summed E-state index contributed by atoms with van der Waals surface area (Å²) in [4.78, 5) is 43.8. The van der Waals surface area contributed by atoms with Crippen LogP contribution in [-0.4, -0.2) is 63.7 Å². The van der Waals surface area contributed by atoms with Crippen LogP contribution in [0.3, 0.4) is 0 Å². The summed E-state index contributed by atoms with van der Waals surface area (Å²) in [7, 11) is 0. The van der Waals surface area contributed by atoms with Gasteiger partial charge in [0.05, 0.1) is 15.0 Å². The summed E-state index contributed by atoms with van der Waals surface area (Å²) in [6, 6.07) is 14.4. The van der Waals surface area contributed by atoms with Crippen molar-refractivity contribution in [3.8, 4) is 0 Å². The number of rotatable bonds is 5. The molecule has 8 nitrogen and oxygen atoms in total. The quantitative estimate of drug-likeness (QED) is 0.398. The molecule has 2 atom stereocenters. The predicted molar refractivity (Wildman–Crippen MR) is 141 cm³/mol. The molecule has 1 aliphatic carbocycles. The molecule has 10 heteroatoms. The molecular weight excluding hydrogens is 515 g/mol. The van der Waals surface area contributed by atoms with Crippen LogP contribution in [0.1, 0.15) is 41.6 Å². The minimum atomic E-state index is -0.513. The molecular formula is C27H28Cl2N4O4. The Morgan fingerprint density at radius 3 is 2.35 bits per heavy atom. The SMILES string of the molecule is O=C(c1ccc(Cl)c(Cl)c1)N1CCN(C2=C([N+](=O)[O-])C(=O)N(Cc3ccccc3)C3CCCCC23)CC1. The fraction of sp³-hybridized carbons (Fsp3) is 0.407. The van der Waals surface area contributed by atoms with Gasteiger partial charge < -0.3 is 14.7 Å². The number of nitrogens with zero attached hydrogens (tertiary/aromatic N) is 4. The zero-order valence-corrected chi connectivity index (χ0v) is 21.8. The van der Waals surface area contributed by atoms with Crippen molar-refractivity contribution < 1.29 is 14.5 Å². The van der Waals surface area contributed by atoms with Crippen molar-refractivity contribution in [2.24, 2.45) is 5.92 Å². The van der Waals surface area contributed by atoms with E-state index in [2.05, 4.69) is 0 Å². The van der Waals surface area contributed by atoms with Crippen molar-refractivity contribution in [1.82, 2.24) is 14.7 Å². The van der Waals surface area contributed by atoms with Gasteiger partial charge in [0.15, 0.2) is 0 Å². The van der Waals surface area contributed by atoms with Gasteiger partial charge in [-0.05, 0) is 36.6 Å². The molecule has 194 valence electrons. The van der Waals surface area contributed by atoms with E-state index in [1.807, 2.05) is 35.2 Å². The number of fused-ring (bicyclic) bond motifs is 1. The van der Waals surface area contributed by atoms with E-state index in [0.29, 0.717) is 54.0 Å². The molecule has 2 fully saturated rings. The summed E-state index contributed by atoms with van der Waals surface area (Å²) in [5.74, 6) is -0.764. The number of piperazine rings is 1. The zero-order valence-electron chi connectivity index (χ0n) is 20.3. The van der Waals surface area contributed by atoms with Crippen LogP contribution in [0.2, 0.25) is 10.0 Å². The molecule has 5 rings (SSSR count). The van der Waals surface area contributed by atoms with E-state index in [1.165, 1.54) is 0 Å². The lowest BCUT2D eigenvalue weighted by Crippen LogP contribution is -2.57. The fourth-order valence-corrected chi connectivity index (χ4v) is 6.16. The molecule has 3 aliphatic rings. The highest BCUT2D eigenvalue weighted by atomic mass is 35.5. The first-order chi connectivity index (χ1) is 17.8. The van der Waals surface area contributed by atoms with Crippen molar-refractivity contribution in [3.63, 3.8) is 0 Å². The van der Waals surface area contributed by atoms with Gasteiger partial charge in [-0.2, -0.15) is 0 Å². The molecule has 2 unspecified atom stereocenters. The standard InChI is InChI=1S/C27H28Cl2N4O4/c28-21-11-10-19(16-22(21)29)26(34)31-14-12-30(13-15-31)24-20-8-4-5-9-23(20)32(27(35)25(24)33(36)37)17-18-6-2-1-3-7-18/h1-3,6-7,10-11,16,20,23H,4-5,8-9,12-15,17H2. The van der Waals surface area contributed by atoms with Crippen LogP contribution >= 0.6 is 23.2 Å². The van der Waals surface area contributed by atoms with Crippen LogP contribution < -0.4 is 0 Å². The Labute approximate surface area is 225 Å². The van der Waals surface area contributed by atoms with Crippen LogP contribution in [0.4, 0.5) is 0 Å². The summed E-state index contributed by atoms with van der Waals surface area (Å²) < 4.78 is 0. The van der Waals surface area contributed by atoms with E-state index in [-0.39, 0.29) is 23.6 Å². The Morgan fingerprint density at radius 1 is 0.973 bits per heavy atom. The molecule has 0 bridgehead atoms. The maximum absolute atomic E-state index is 13.6. The number of carbonyl (C=O) groups excluding carboxylic acids is 2. The van der Waals surface area contributed by atoms with Gasteiger partial charge in [-0.1, -0.05) is 66.4 Å². The number of hydrogen-bond donors (Lipinski definition) is 0. The number of nitro groups is 1. The highest BCUT2D eigenvalue weighted by Gasteiger charge is 2.50. The van der Waals surface area contributed by atoms with Crippen molar-refractivity contribution >= 4 is 35.0 Å². The average Bonchev–Trinajstić information content (AvgIpc) is 2.91. The molecule has 2 aromatic rings. The third-order valence-corrected chi connectivity index (χ3v) is 8.38. The summed E-state index contributed by atoms with van der Waals surface area (Å²) in [6.07, 6.45) is 3.59. The number of hydrogen-bond acceptors (Lipinski definition) is 5. The Kier molecular flexibility index (Phi) is 7.40. The summed E-state index contributed by atoms with van der Waals surface area (Å²) in [5.41, 5.74) is 1.64. The Morgan fingerprint density at radius 2 is 1.68 bits per heavy atom. The van der Waals surface area contributed by atoms with Gasteiger partial charge in [-0.15, -0.1) is 0 Å². The predicted octanol–water partition coefficient (Wildman–Crippen LogP) is 4.84. The number of benzene rings is 2. The van der Waals surface area contributed by atoms with Crippen molar-refractivity contribution in [1.29, 1.82) is 0 Å². The molecule has 0 radical (unpaired) electrons. The molecule has 2 heterocycles. The van der Waals surface area contributed by atoms with Crippen LogP contribution in [0.25, 0.3) is 0 Å². The molecule has 0 spiro atoms. The third-order valence-electron chi connectivity index (χ3n) is 7.64.